The highest BCUT2D eigenvalue weighted by atomic mass is 32.1. The fraction of sp³-hybridized carbons (Fsp3) is 0.273. The Morgan fingerprint density at radius 1 is 1.03 bits per heavy atom. The van der Waals surface area contributed by atoms with Gasteiger partial charge in [-0.25, -0.2) is 9.37 Å². The summed E-state index contributed by atoms with van der Waals surface area (Å²) in [6.45, 7) is 2.81. The Bertz CT molecular complexity index is 955. The molecule has 1 aliphatic heterocycles. The van der Waals surface area contributed by atoms with Gasteiger partial charge in [-0.1, -0.05) is 30.3 Å². The number of hydrogen-bond donors (Lipinski definition) is 0. The van der Waals surface area contributed by atoms with E-state index in [0.717, 1.165) is 16.5 Å². The van der Waals surface area contributed by atoms with Gasteiger partial charge >= 0.3 is 0 Å². The van der Waals surface area contributed by atoms with Crippen LogP contribution < -0.4 is 9.64 Å². The van der Waals surface area contributed by atoms with Crippen molar-refractivity contribution in [1.29, 1.82) is 0 Å². The zero-order chi connectivity index (χ0) is 20.1. The van der Waals surface area contributed by atoms with Gasteiger partial charge in [0.25, 0.3) is 0 Å². The van der Waals surface area contributed by atoms with E-state index in [1.54, 1.807) is 12.1 Å². The predicted molar refractivity (Wildman–Crippen MR) is 112 cm³/mol. The van der Waals surface area contributed by atoms with E-state index in [-0.39, 0.29) is 18.1 Å². The lowest BCUT2D eigenvalue weighted by atomic mass is 10.2. The van der Waals surface area contributed by atoms with E-state index in [1.807, 2.05) is 51.6 Å². The van der Waals surface area contributed by atoms with Gasteiger partial charge in [-0.3, -0.25) is 4.79 Å². The van der Waals surface area contributed by atoms with Gasteiger partial charge in [0.15, 0.2) is 0 Å². The van der Waals surface area contributed by atoms with Crippen molar-refractivity contribution < 1.29 is 13.9 Å². The largest absolute Gasteiger partial charge is 0.486 e. The Kier molecular flexibility index (Phi) is 6.05. The van der Waals surface area contributed by atoms with Crippen LogP contribution in [0.4, 0.5) is 10.1 Å². The van der Waals surface area contributed by atoms with Crippen LogP contribution in [0.3, 0.4) is 0 Å². The maximum Gasteiger partial charge on any atom is 0.228 e. The molecular formula is C22H22FN3O2S. The fourth-order valence-electron chi connectivity index (χ4n) is 3.33. The summed E-state index contributed by atoms with van der Waals surface area (Å²) in [7, 11) is 0. The second-order valence-electron chi connectivity index (χ2n) is 6.83. The molecule has 1 aromatic heterocycles. The summed E-state index contributed by atoms with van der Waals surface area (Å²) in [4.78, 5) is 21.0. The molecule has 7 heteroatoms. The maximum atomic E-state index is 14.0. The molecule has 0 aliphatic carbocycles. The van der Waals surface area contributed by atoms with Crippen molar-refractivity contribution >= 4 is 22.9 Å². The third kappa shape index (κ3) is 4.92. The highest BCUT2D eigenvalue weighted by Gasteiger charge is 2.23. The minimum absolute atomic E-state index is 0.0546. The Morgan fingerprint density at radius 2 is 1.76 bits per heavy atom. The van der Waals surface area contributed by atoms with Crippen LogP contribution in [-0.2, 0) is 17.8 Å². The first-order chi connectivity index (χ1) is 14.2. The van der Waals surface area contributed by atoms with E-state index >= 15 is 0 Å². The smallest absolute Gasteiger partial charge is 0.228 e. The molecule has 150 valence electrons. The van der Waals surface area contributed by atoms with E-state index in [1.165, 1.54) is 17.4 Å². The molecule has 0 radical (unpaired) electrons. The molecule has 0 N–H and O–H groups in total. The SMILES string of the molecule is O=C(Cc1csc(COc2ccccc2)n1)N1CCN(c2ccccc2F)CC1. The van der Waals surface area contributed by atoms with E-state index in [2.05, 4.69) is 4.98 Å². The molecule has 0 bridgehead atoms. The van der Waals surface area contributed by atoms with Crippen LogP contribution >= 0.6 is 11.3 Å². The van der Waals surface area contributed by atoms with E-state index in [9.17, 15) is 9.18 Å². The van der Waals surface area contributed by atoms with Crippen LogP contribution in [0.15, 0.2) is 60.0 Å². The first-order valence-electron chi connectivity index (χ1n) is 9.57. The molecule has 29 heavy (non-hydrogen) atoms. The number of carbonyl (C=O) groups is 1. The minimum Gasteiger partial charge on any atom is -0.486 e. The average Bonchev–Trinajstić information content (AvgIpc) is 3.21. The summed E-state index contributed by atoms with van der Waals surface area (Å²) >= 11 is 1.50. The number of amides is 1. The zero-order valence-corrected chi connectivity index (χ0v) is 16.8. The number of nitrogens with zero attached hydrogens (tertiary/aromatic N) is 3. The Hall–Kier alpha value is -2.93. The Labute approximate surface area is 173 Å². The van der Waals surface area contributed by atoms with E-state index in [0.29, 0.717) is 38.5 Å². The van der Waals surface area contributed by atoms with Crippen molar-refractivity contribution in [2.24, 2.45) is 0 Å². The van der Waals surface area contributed by atoms with E-state index < -0.39 is 0 Å². The van der Waals surface area contributed by atoms with Crippen LogP contribution in [0.25, 0.3) is 0 Å². The summed E-state index contributed by atoms with van der Waals surface area (Å²) in [6.07, 6.45) is 0.279. The molecule has 0 unspecified atom stereocenters. The lowest BCUT2D eigenvalue weighted by Crippen LogP contribution is -2.49. The van der Waals surface area contributed by atoms with Crippen molar-refractivity contribution in [2.75, 3.05) is 31.1 Å². The standard InChI is InChI=1S/C22H22FN3O2S/c23-19-8-4-5-9-20(19)25-10-12-26(13-11-25)22(27)14-17-16-29-21(24-17)15-28-18-6-2-1-3-7-18/h1-9,16H,10-15H2. The summed E-state index contributed by atoms with van der Waals surface area (Å²) < 4.78 is 19.7. The number of rotatable bonds is 6. The number of hydrogen-bond acceptors (Lipinski definition) is 5. The predicted octanol–water partition coefficient (Wildman–Crippen LogP) is 3.75. The fourth-order valence-corrected chi connectivity index (χ4v) is 4.03. The number of aromatic nitrogens is 1. The maximum absolute atomic E-state index is 14.0. The number of benzene rings is 2. The van der Waals surface area contributed by atoms with Crippen LogP contribution in [-0.4, -0.2) is 42.0 Å². The summed E-state index contributed by atoms with van der Waals surface area (Å²) in [6, 6.07) is 16.4. The molecule has 1 amide bonds. The van der Waals surface area contributed by atoms with Crippen LogP contribution in [0.1, 0.15) is 10.7 Å². The van der Waals surface area contributed by atoms with Crippen molar-refractivity contribution in [3.8, 4) is 5.75 Å². The van der Waals surface area contributed by atoms with Crippen molar-refractivity contribution in [3.63, 3.8) is 0 Å². The number of thiazole rings is 1. The third-order valence-electron chi connectivity index (χ3n) is 4.86. The highest BCUT2D eigenvalue weighted by molar-refractivity contribution is 7.09. The van der Waals surface area contributed by atoms with Gasteiger partial charge in [0, 0.05) is 31.6 Å². The summed E-state index contributed by atoms with van der Waals surface area (Å²) in [5.74, 6) is 0.632. The van der Waals surface area contributed by atoms with Gasteiger partial charge < -0.3 is 14.5 Å². The van der Waals surface area contributed by atoms with Gasteiger partial charge in [-0.2, -0.15) is 0 Å². The molecule has 1 saturated heterocycles. The van der Waals surface area contributed by atoms with Crippen LogP contribution in [0, 0.1) is 5.82 Å². The van der Waals surface area contributed by atoms with Gasteiger partial charge in [0.05, 0.1) is 17.8 Å². The normalized spacial score (nSPS) is 14.1. The van der Waals surface area contributed by atoms with Gasteiger partial charge in [-0.05, 0) is 24.3 Å². The van der Waals surface area contributed by atoms with Gasteiger partial charge in [-0.15, -0.1) is 11.3 Å². The Balaban J connectivity index is 1.27. The molecule has 1 fully saturated rings. The first-order valence-corrected chi connectivity index (χ1v) is 10.5. The molecule has 0 spiro atoms. The third-order valence-corrected chi connectivity index (χ3v) is 5.73. The molecule has 4 rings (SSSR count). The number of para-hydroxylation sites is 2. The number of anilines is 1. The molecule has 2 heterocycles. The Morgan fingerprint density at radius 3 is 2.52 bits per heavy atom. The van der Waals surface area contributed by atoms with Crippen molar-refractivity contribution in [3.05, 3.63) is 76.5 Å². The molecule has 0 atom stereocenters. The summed E-state index contributed by atoms with van der Waals surface area (Å²) in [5, 5.41) is 2.76. The van der Waals surface area contributed by atoms with Gasteiger partial charge in [0.1, 0.15) is 23.2 Å². The summed E-state index contributed by atoms with van der Waals surface area (Å²) in [5.41, 5.74) is 1.37. The lowest BCUT2D eigenvalue weighted by Gasteiger charge is -2.36. The van der Waals surface area contributed by atoms with Gasteiger partial charge in [0.2, 0.25) is 5.91 Å². The zero-order valence-electron chi connectivity index (χ0n) is 16.0. The van der Waals surface area contributed by atoms with Crippen molar-refractivity contribution in [1.82, 2.24) is 9.88 Å². The molecular weight excluding hydrogens is 389 g/mol. The number of halogens is 1. The lowest BCUT2D eigenvalue weighted by molar-refractivity contribution is -0.130. The number of ether oxygens (including phenoxy) is 1. The van der Waals surface area contributed by atoms with Crippen LogP contribution in [0.5, 0.6) is 5.75 Å². The van der Waals surface area contributed by atoms with Crippen LogP contribution in [0.2, 0.25) is 0 Å². The highest BCUT2D eigenvalue weighted by Crippen LogP contribution is 2.21. The molecule has 2 aromatic carbocycles. The van der Waals surface area contributed by atoms with Crippen molar-refractivity contribution in [2.45, 2.75) is 13.0 Å². The monoisotopic (exact) mass is 411 g/mol. The number of carbonyl (C=O) groups excluding carboxylic acids is 1. The molecule has 0 saturated carbocycles. The number of piperazine rings is 1. The molecule has 5 nitrogen and oxygen atoms in total. The topological polar surface area (TPSA) is 45.7 Å². The second kappa shape index (κ2) is 9.05. The molecule has 1 aliphatic rings. The van der Waals surface area contributed by atoms with E-state index in [4.69, 9.17) is 4.74 Å². The average molecular weight is 412 g/mol. The first kappa shape index (κ1) is 19.4. The quantitative estimate of drug-likeness (QED) is 0.620. The molecule has 3 aromatic rings. The second-order valence-corrected chi connectivity index (χ2v) is 7.77. The minimum atomic E-state index is -0.222.